The number of nitrogens with zero attached hydrogens (tertiary/aromatic N) is 1. The zero-order valence-corrected chi connectivity index (χ0v) is 11.4. The smallest absolute Gasteiger partial charge is 0.128 e. The average molecular weight is 246 g/mol. The number of benzene rings is 1. The first kappa shape index (κ1) is 12.8. The van der Waals surface area contributed by atoms with E-state index >= 15 is 0 Å². The van der Waals surface area contributed by atoms with Gasteiger partial charge in [0, 0.05) is 28.9 Å². The lowest BCUT2D eigenvalue weighted by molar-refractivity contribution is 0.620. The molecule has 2 nitrogen and oxygen atoms in total. The summed E-state index contributed by atoms with van der Waals surface area (Å²) < 4.78 is 13.6. The van der Waals surface area contributed by atoms with Crippen molar-refractivity contribution in [3.8, 4) is 0 Å². The number of hydrogen-bond acceptors (Lipinski definition) is 2. The van der Waals surface area contributed by atoms with E-state index < -0.39 is 0 Å². The van der Waals surface area contributed by atoms with Crippen LogP contribution in [0.2, 0.25) is 0 Å². The van der Waals surface area contributed by atoms with Gasteiger partial charge >= 0.3 is 0 Å². The predicted molar refractivity (Wildman–Crippen MR) is 74.7 cm³/mol. The highest BCUT2D eigenvalue weighted by Gasteiger charge is 2.13. The Morgan fingerprint density at radius 1 is 1.22 bits per heavy atom. The van der Waals surface area contributed by atoms with Gasteiger partial charge in [-0.2, -0.15) is 0 Å². The van der Waals surface area contributed by atoms with Gasteiger partial charge in [0.2, 0.25) is 0 Å². The molecule has 0 saturated carbocycles. The quantitative estimate of drug-likeness (QED) is 0.886. The van der Waals surface area contributed by atoms with Crippen LogP contribution in [0, 0.1) is 19.7 Å². The summed E-state index contributed by atoms with van der Waals surface area (Å²) in [4.78, 5) is 4.57. The number of aryl methyl sites for hydroxylation is 2. The Morgan fingerprint density at radius 3 is 2.56 bits per heavy atom. The summed E-state index contributed by atoms with van der Waals surface area (Å²) in [7, 11) is 0. The van der Waals surface area contributed by atoms with E-state index in [0.29, 0.717) is 5.56 Å². The number of nitrogens with one attached hydrogen (secondary N) is 1. The summed E-state index contributed by atoms with van der Waals surface area (Å²) in [5.41, 5.74) is 4.69. The van der Waals surface area contributed by atoms with E-state index in [1.54, 1.807) is 6.92 Å². The summed E-state index contributed by atoms with van der Waals surface area (Å²) in [6, 6.07) is 3.34. The standard InChI is InChI=1S/C15H19FN2/c1-5-11-10(4)18-14-9(3)13(16)8-7-12(14)15(11)17-6-2/h7-8H,5-6H2,1-4H3,(H,17,18). The molecule has 0 atom stereocenters. The molecule has 2 aromatic rings. The molecule has 0 aliphatic rings. The Bertz CT molecular complexity index is 591. The summed E-state index contributed by atoms with van der Waals surface area (Å²) >= 11 is 0. The van der Waals surface area contributed by atoms with Gasteiger partial charge in [-0.3, -0.25) is 4.98 Å². The van der Waals surface area contributed by atoms with Gasteiger partial charge in [-0.05, 0) is 44.9 Å². The van der Waals surface area contributed by atoms with Crippen LogP contribution in [0.3, 0.4) is 0 Å². The third kappa shape index (κ3) is 1.94. The van der Waals surface area contributed by atoms with Gasteiger partial charge in [0.1, 0.15) is 5.82 Å². The zero-order valence-electron chi connectivity index (χ0n) is 11.4. The summed E-state index contributed by atoms with van der Waals surface area (Å²) in [6.45, 7) is 8.81. The number of pyridine rings is 1. The largest absolute Gasteiger partial charge is 0.384 e. The number of aromatic nitrogens is 1. The van der Waals surface area contributed by atoms with Crippen molar-refractivity contribution in [2.45, 2.75) is 34.1 Å². The van der Waals surface area contributed by atoms with Crippen molar-refractivity contribution >= 4 is 16.6 Å². The molecule has 1 heterocycles. The fourth-order valence-electron chi connectivity index (χ4n) is 2.41. The van der Waals surface area contributed by atoms with E-state index in [1.807, 2.05) is 13.0 Å². The number of hydrogen-bond donors (Lipinski definition) is 1. The molecular weight excluding hydrogens is 227 g/mol. The Kier molecular flexibility index (Phi) is 3.50. The maximum Gasteiger partial charge on any atom is 0.128 e. The highest BCUT2D eigenvalue weighted by Crippen LogP contribution is 2.31. The molecule has 1 aromatic heterocycles. The molecule has 0 aliphatic carbocycles. The number of rotatable bonds is 3. The van der Waals surface area contributed by atoms with Crippen molar-refractivity contribution in [2.24, 2.45) is 0 Å². The van der Waals surface area contributed by atoms with E-state index in [4.69, 9.17) is 0 Å². The van der Waals surface area contributed by atoms with E-state index in [0.717, 1.165) is 35.2 Å². The van der Waals surface area contributed by atoms with Gasteiger partial charge in [-0.1, -0.05) is 6.92 Å². The Balaban J connectivity index is 2.86. The molecule has 2 rings (SSSR count). The molecule has 0 spiro atoms. The molecule has 0 saturated heterocycles. The molecule has 1 aromatic carbocycles. The third-order valence-corrected chi connectivity index (χ3v) is 3.36. The van der Waals surface area contributed by atoms with Crippen molar-refractivity contribution in [1.29, 1.82) is 0 Å². The maximum absolute atomic E-state index is 13.6. The van der Waals surface area contributed by atoms with E-state index in [1.165, 1.54) is 11.6 Å². The highest BCUT2D eigenvalue weighted by atomic mass is 19.1. The van der Waals surface area contributed by atoms with Crippen molar-refractivity contribution in [1.82, 2.24) is 4.98 Å². The molecule has 0 amide bonds. The molecular formula is C15H19FN2. The number of fused-ring (bicyclic) bond motifs is 1. The van der Waals surface area contributed by atoms with Crippen LogP contribution in [0.5, 0.6) is 0 Å². The van der Waals surface area contributed by atoms with Gasteiger partial charge in [-0.15, -0.1) is 0 Å². The average Bonchev–Trinajstić information content (AvgIpc) is 2.35. The van der Waals surface area contributed by atoms with Crippen molar-refractivity contribution in [3.05, 3.63) is 34.8 Å². The lowest BCUT2D eigenvalue weighted by Gasteiger charge is -2.16. The lowest BCUT2D eigenvalue weighted by atomic mass is 10.0. The van der Waals surface area contributed by atoms with Crippen LogP contribution in [-0.4, -0.2) is 11.5 Å². The Morgan fingerprint density at radius 2 is 1.94 bits per heavy atom. The van der Waals surface area contributed by atoms with E-state index in [9.17, 15) is 4.39 Å². The molecule has 0 bridgehead atoms. The van der Waals surface area contributed by atoms with Crippen molar-refractivity contribution < 1.29 is 4.39 Å². The topological polar surface area (TPSA) is 24.9 Å². The SMILES string of the molecule is CCNc1c(CC)c(C)nc2c(C)c(F)ccc12. The van der Waals surface area contributed by atoms with E-state index in [2.05, 4.69) is 24.1 Å². The second-order valence-corrected chi connectivity index (χ2v) is 4.50. The number of halogens is 1. The first-order valence-electron chi connectivity index (χ1n) is 6.42. The summed E-state index contributed by atoms with van der Waals surface area (Å²) in [5.74, 6) is -0.193. The van der Waals surface area contributed by atoms with Crippen LogP contribution in [-0.2, 0) is 6.42 Å². The van der Waals surface area contributed by atoms with Crippen LogP contribution >= 0.6 is 0 Å². The van der Waals surface area contributed by atoms with Crippen molar-refractivity contribution in [2.75, 3.05) is 11.9 Å². The second kappa shape index (κ2) is 4.92. The fourth-order valence-corrected chi connectivity index (χ4v) is 2.41. The molecule has 3 heteroatoms. The first-order valence-corrected chi connectivity index (χ1v) is 6.42. The summed E-state index contributed by atoms with van der Waals surface area (Å²) in [6.07, 6.45) is 0.924. The molecule has 18 heavy (non-hydrogen) atoms. The Hall–Kier alpha value is -1.64. The van der Waals surface area contributed by atoms with Gasteiger partial charge in [0.15, 0.2) is 0 Å². The van der Waals surface area contributed by atoms with Crippen LogP contribution in [0.15, 0.2) is 12.1 Å². The molecule has 0 fully saturated rings. The summed E-state index contributed by atoms with van der Waals surface area (Å²) in [5, 5.41) is 4.41. The van der Waals surface area contributed by atoms with Crippen LogP contribution < -0.4 is 5.32 Å². The van der Waals surface area contributed by atoms with Crippen molar-refractivity contribution in [3.63, 3.8) is 0 Å². The molecule has 0 radical (unpaired) electrons. The molecule has 0 unspecified atom stereocenters. The highest BCUT2D eigenvalue weighted by molar-refractivity contribution is 5.95. The maximum atomic E-state index is 13.6. The Labute approximate surface area is 107 Å². The fraction of sp³-hybridized carbons (Fsp3) is 0.400. The lowest BCUT2D eigenvalue weighted by Crippen LogP contribution is -2.06. The predicted octanol–water partition coefficient (Wildman–Crippen LogP) is 3.98. The minimum atomic E-state index is -0.193. The molecule has 1 N–H and O–H groups in total. The van der Waals surface area contributed by atoms with Crippen LogP contribution in [0.4, 0.5) is 10.1 Å². The van der Waals surface area contributed by atoms with E-state index in [-0.39, 0.29) is 5.82 Å². The van der Waals surface area contributed by atoms with Gasteiger partial charge in [-0.25, -0.2) is 4.39 Å². The minimum Gasteiger partial charge on any atom is -0.384 e. The van der Waals surface area contributed by atoms with Gasteiger partial charge in [0.05, 0.1) is 5.52 Å². The normalized spacial score (nSPS) is 10.9. The molecule has 96 valence electrons. The van der Waals surface area contributed by atoms with Crippen LogP contribution in [0.25, 0.3) is 10.9 Å². The minimum absolute atomic E-state index is 0.193. The third-order valence-electron chi connectivity index (χ3n) is 3.36. The monoisotopic (exact) mass is 246 g/mol. The molecule has 0 aliphatic heterocycles. The van der Waals surface area contributed by atoms with Gasteiger partial charge in [0.25, 0.3) is 0 Å². The zero-order chi connectivity index (χ0) is 13.3. The second-order valence-electron chi connectivity index (χ2n) is 4.50. The first-order chi connectivity index (χ1) is 8.60. The van der Waals surface area contributed by atoms with Gasteiger partial charge < -0.3 is 5.32 Å². The van der Waals surface area contributed by atoms with Crippen LogP contribution in [0.1, 0.15) is 30.7 Å². The number of anilines is 1.